The minimum absolute atomic E-state index is 0.0233. The number of aryl methyl sites for hydroxylation is 1. The number of nitro groups is 1. The molecule has 110 valence electrons. The van der Waals surface area contributed by atoms with Crippen LogP contribution in [-0.2, 0) is 0 Å². The van der Waals surface area contributed by atoms with Crippen molar-refractivity contribution in [3.63, 3.8) is 0 Å². The predicted molar refractivity (Wildman–Crippen MR) is 79.7 cm³/mol. The van der Waals surface area contributed by atoms with E-state index in [9.17, 15) is 14.5 Å². The molecule has 2 rings (SSSR count). The van der Waals surface area contributed by atoms with Gasteiger partial charge >= 0.3 is 5.69 Å². The molecule has 0 fully saturated rings. The summed E-state index contributed by atoms with van der Waals surface area (Å²) in [5.41, 5.74) is 6.75. The number of anilines is 1. The normalized spacial score (nSPS) is 10.5. The lowest BCUT2D eigenvalue weighted by Gasteiger charge is -2.13. The molecule has 2 N–H and O–H groups in total. The lowest BCUT2D eigenvalue weighted by Crippen LogP contribution is -2.02. The third kappa shape index (κ3) is 2.66. The second-order valence-corrected chi connectivity index (χ2v) is 5.16. The molecule has 2 aromatic rings. The fraction of sp³-hybridized carbons (Fsp3) is 0.154. The van der Waals surface area contributed by atoms with Gasteiger partial charge in [0.1, 0.15) is 0 Å². The third-order valence-corrected chi connectivity index (χ3v) is 3.52. The number of nitrogens with zero attached hydrogens (tertiary/aromatic N) is 2. The van der Waals surface area contributed by atoms with Crippen molar-refractivity contribution in [2.24, 2.45) is 0 Å². The summed E-state index contributed by atoms with van der Waals surface area (Å²) in [7, 11) is 1.27. The number of aromatic nitrogens is 1. The number of hydrogen-bond donors (Lipinski definition) is 1. The molecule has 0 unspecified atom stereocenters. The lowest BCUT2D eigenvalue weighted by molar-refractivity contribution is -0.385. The highest BCUT2D eigenvalue weighted by molar-refractivity contribution is 9.10. The zero-order valence-corrected chi connectivity index (χ0v) is 12.8. The van der Waals surface area contributed by atoms with E-state index in [2.05, 4.69) is 20.9 Å². The van der Waals surface area contributed by atoms with Crippen molar-refractivity contribution < 1.29 is 14.1 Å². The van der Waals surface area contributed by atoms with Crippen LogP contribution in [-0.4, -0.2) is 17.0 Å². The highest BCUT2D eigenvalue weighted by Gasteiger charge is 2.25. The van der Waals surface area contributed by atoms with Crippen LogP contribution < -0.4 is 10.5 Å². The maximum atomic E-state index is 13.9. The van der Waals surface area contributed by atoms with E-state index in [0.29, 0.717) is 4.47 Å². The van der Waals surface area contributed by atoms with Gasteiger partial charge in [-0.2, -0.15) is 4.39 Å². The van der Waals surface area contributed by atoms with E-state index in [4.69, 9.17) is 10.5 Å². The van der Waals surface area contributed by atoms with Gasteiger partial charge in [0.15, 0.2) is 0 Å². The second kappa shape index (κ2) is 5.65. The molecule has 8 heteroatoms. The van der Waals surface area contributed by atoms with Crippen LogP contribution >= 0.6 is 15.9 Å². The van der Waals surface area contributed by atoms with Crippen LogP contribution in [0.2, 0.25) is 0 Å². The van der Waals surface area contributed by atoms with Gasteiger partial charge in [-0.05, 0) is 34.5 Å². The first-order valence-electron chi connectivity index (χ1n) is 5.79. The Bertz CT molecular complexity index is 737. The van der Waals surface area contributed by atoms with Crippen molar-refractivity contribution in [3.8, 4) is 16.9 Å². The molecule has 0 spiro atoms. The van der Waals surface area contributed by atoms with Crippen LogP contribution in [0.5, 0.6) is 5.75 Å². The molecule has 0 aliphatic heterocycles. The summed E-state index contributed by atoms with van der Waals surface area (Å²) in [6.45, 7) is 1.75. The first kappa shape index (κ1) is 15.2. The number of rotatable bonds is 3. The van der Waals surface area contributed by atoms with Crippen LogP contribution in [0.3, 0.4) is 0 Å². The SMILES string of the molecule is COc1c([N+](=O)[O-])cc(Br)c(-c2cc(C)cnc2F)c1N. The van der Waals surface area contributed by atoms with Crippen molar-refractivity contribution in [3.05, 3.63) is 44.4 Å². The molecular weight excluding hydrogens is 345 g/mol. The first-order valence-corrected chi connectivity index (χ1v) is 6.59. The Labute approximate surface area is 128 Å². The van der Waals surface area contributed by atoms with E-state index in [1.54, 1.807) is 13.0 Å². The topological polar surface area (TPSA) is 91.3 Å². The highest BCUT2D eigenvalue weighted by atomic mass is 79.9. The molecule has 0 aliphatic rings. The Morgan fingerprint density at radius 3 is 2.71 bits per heavy atom. The minimum atomic E-state index is -0.719. The van der Waals surface area contributed by atoms with Crippen LogP contribution in [0.25, 0.3) is 11.1 Å². The standard InChI is InChI=1S/C13H11BrFN3O3/c1-6-3-7(13(15)17-5-6)10-8(14)4-9(18(19)20)12(21-2)11(10)16/h3-5H,16H2,1-2H3. The smallest absolute Gasteiger partial charge is 0.314 e. The second-order valence-electron chi connectivity index (χ2n) is 4.31. The number of pyridine rings is 1. The summed E-state index contributed by atoms with van der Waals surface area (Å²) >= 11 is 3.19. The van der Waals surface area contributed by atoms with E-state index < -0.39 is 10.9 Å². The Balaban J connectivity index is 2.81. The molecule has 1 aromatic heterocycles. The number of nitrogens with two attached hydrogens (primary N) is 1. The Morgan fingerprint density at radius 1 is 1.48 bits per heavy atom. The number of methoxy groups -OCH3 is 1. The zero-order valence-electron chi connectivity index (χ0n) is 11.2. The number of nitro benzene ring substituents is 1. The summed E-state index contributed by atoms with van der Waals surface area (Å²) in [5, 5.41) is 11.0. The summed E-state index contributed by atoms with van der Waals surface area (Å²) < 4.78 is 19.2. The number of benzene rings is 1. The Hall–Kier alpha value is -2.22. The number of halogens is 2. The largest absolute Gasteiger partial charge is 0.489 e. The highest BCUT2D eigenvalue weighted by Crippen LogP contribution is 2.45. The van der Waals surface area contributed by atoms with Gasteiger partial charge in [0.2, 0.25) is 11.7 Å². The van der Waals surface area contributed by atoms with Gasteiger partial charge in [-0.3, -0.25) is 10.1 Å². The van der Waals surface area contributed by atoms with Crippen molar-refractivity contribution in [1.82, 2.24) is 4.98 Å². The average molecular weight is 356 g/mol. The van der Waals surface area contributed by atoms with E-state index in [1.165, 1.54) is 19.4 Å². The minimum Gasteiger partial charge on any atom is -0.489 e. The number of nitrogen functional groups attached to an aromatic ring is 1. The maximum absolute atomic E-state index is 13.9. The summed E-state index contributed by atoms with van der Waals surface area (Å²) in [4.78, 5) is 14.0. The van der Waals surface area contributed by atoms with E-state index in [1.807, 2.05) is 0 Å². The maximum Gasteiger partial charge on any atom is 0.314 e. The number of hydrogen-bond acceptors (Lipinski definition) is 5. The van der Waals surface area contributed by atoms with Crippen LogP contribution in [0.4, 0.5) is 15.8 Å². The molecule has 21 heavy (non-hydrogen) atoms. The third-order valence-electron chi connectivity index (χ3n) is 2.89. The van der Waals surface area contributed by atoms with Crippen LogP contribution in [0.1, 0.15) is 5.56 Å². The molecule has 0 aliphatic carbocycles. The summed E-state index contributed by atoms with van der Waals surface area (Å²) in [5.74, 6) is -0.831. The van der Waals surface area contributed by atoms with Crippen molar-refractivity contribution >= 4 is 27.3 Å². The van der Waals surface area contributed by atoms with Gasteiger partial charge in [-0.25, -0.2) is 4.98 Å². The van der Waals surface area contributed by atoms with Gasteiger partial charge < -0.3 is 10.5 Å². The van der Waals surface area contributed by atoms with Gasteiger partial charge in [-0.15, -0.1) is 0 Å². The lowest BCUT2D eigenvalue weighted by atomic mass is 10.0. The Morgan fingerprint density at radius 2 is 2.14 bits per heavy atom. The monoisotopic (exact) mass is 355 g/mol. The molecule has 0 saturated carbocycles. The molecular formula is C13H11BrFN3O3. The average Bonchev–Trinajstić information content (AvgIpc) is 2.42. The Kier molecular flexibility index (Phi) is 4.08. The van der Waals surface area contributed by atoms with E-state index in [-0.39, 0.29) is 28.3 Å². The van der Waals surface area contributed by atoms with Gasteiger partial charge in [0.05, 0.1) is 17.7 Å². The quantitative estimate of drug-likeness (QED) is 0.394. The molecule has 0 amide bonds. The summed E-state index contributed by atoms with van der Waals surface area (Å²) in [6, 6.07) is 2.79. The number of ether oxygens (including phenoxy) is 1. The summed E-state index contributed by atoms with van der Waals surface area (Å²) in [6.07, 6.45) is 1.38. The van der Waals surface area contributed by atoms with Gasteiger partial charge in [0, 0.05) is 27.9 Å². The molecule has 6 nitrogen and oxygen atoms in total. The predicted octanol–water partition coefficient (Wildman–Crippen LogP) is 3.46. The fourth-order valence-corrected chi connectivity index (χ4v) is 2.63. The van der Waals surface area contributed by atoms with Crippen LogP contribution in [0, 0.1) is 23.0 Å². The van der Waals surface area contributed by atoms with Crippen molar-refractivity contribution in [1.29, 1.82) is 0 Å². The molecule has 1 heterocycles. The van der Waals surface area contributed by atoms with Gasteiger partial charge in [-0.1, -0.05) is 0 Å². The van der Waals surface area contributed by atoms with Crippen LogP contribution in [0.15, 0.2) is 22.8 Å². The van der Waals surface area contributed by atoms with Crippen molar-refractivity contribution in [2.45, 2.75) is 6.92 Å². The zero-order chi connectivity index (χ0) is 15.7. The van der Waals surface area contributed by atoms with E-state index in [0.717, 1.165) is 5.56 Å². The molecule has 0 bridgehead atoms. The molecule has 1 aromatic carbocycles. The molecule has 0 atom stereocenters. The molecule has 0 saturated heterocycles. The fourth-order valence-electron chi connectivity index (χ4n) is 1.99. The van der Waals surface area contributed by atoms with Gasteiger partial charge in [0.25, 0.3) is 0 Å². The van der Waals surface area contributed by atoms with E-state index >= 15 is 0 Å². The first-order chi connectivity index (χ1) is 9.86. The van der Waals surface area contributed by atoms with Crippen molar-refractivity contribution in [2.75, 3.05) is 12.8 Å². The molecule has 0 radical (unpaired) electrons.